The fourth-order valence-corrected chi connectivity index (χ4v) is 3.50. The lowest BCUT2D eigenvalue weighted by molar-refractivity contribution is -0.137. The Labute approximate surface area is 153 Å². The number of imide groups is 1. The standard InChI is InChI=1S/C19H25N3O4/c1-3-22-18(24)16(14-4-6-15(26-2)7-5-14)17(19(22)25)21-10-8-20(9-11-21)12-13-23/h4-7,23H,3,8-13H2,1-2H3. The second-order valence-electron chi connectivity index (χ2n) is 6.36. The molecule has 0 bridgehead atoms. The van der Waals surface area contributed by atoms with Gasteiger partial charge in [-0.3, -0.25) is 19.4 Å². The Morgan fingerprint density at radius 1 is 1.04 bits per heavy atom. The number of carbonyl (C=O) groups excluding carboxylic acids is 2. The molecule has 7 heteroatoms. The van der Waals surface area contributed by atoms with E-state index in [4.69, 9.17) is 9.84 Å². The van der Waals surface area contributed by atoms with Gasteiger partial charge in [-0.1, -0.05) is 12.1 Å². The Bertz CT molecular complexity index is 706. The van der Waals surface area contributed by atoms with Crippen LogP contribution in [-0.4, -0.2) is 84.6 Å². The average Bonchev–Trinajstić information content (AvgIpc) is 2.92. The van der Waals surface area contributed by atoms with Gasteiger partial charge >= 0.3 is 0 Å². The normalized spacial score (nSPS) is 18.9. The van der Waals surface area contributed by atoms with Gasteiger partial charge in [0, 0.05) is 39.3 Å². The molecule has 1 aromatic carbocycles. The molecule has 2 heterocycles. The van der Waals surface area contributed by atoms with E-state index in [1.807, 2.05) is 24.0 Å². The zero-order chi connectivity index (χ0) is 18.7. The SMILES string of the molecule is CCN1C(=O)C(c2ccc(OC)cc2)=C(N2CCN(CCO)CC2)C1=O. The fourth-order valence-electron chi connectivity index (χ4n) is 3.50. The van der Waals surface area contributed by atoms with E-state index in [2.05, 4.69) is 4.90 Å². The molecule has 0 unspecified atom stereocenters. The molecule has 0 saturated carbocycles. The highest BCUT2D eigenvalue weighted by molar-refractivity contribution is 6.35. The Hall–Kier alpha value is -2.38. The molecule has 0 aliphatic carbocycles. The van der Waals surface area contributed by atoms with Gasteiger partial charge < -0.3 is 14.7 Å². The van der Waals surface area contributed by atoms with Gasteiger partial charge in [0.2, 0.25) is 0 Å². The number of β-amino-alcohol motifs (C(OH)–C–C–N with tert-alkyl or cyclic N) is 1. The predicted octanol–water partition coefficient (Wildman–Crippen LogP) is 0.405. The lowest BCUT2D eigenvalue weighted by Gasteiger charge is -2.36. The van der Waals surface area contributed by atoms with Gasteiger partial charge in [-0.15, -0.1) is 0 Å². The third kappa shape index (κ3) is 3.32. The Morgan fingerprint density at radius 2 is 1.69 bits per heavy atom. The number of benzene rings is 1. The topological polar surface area (TPSA) is 73.3 Å². The smallest absolute Gasteiger partial charge is 0.277 e. The minimum atomic E-state index is -0.240. The predicted molar refractivity (Wildman–Crippen MR) is 97.4 cm³/mol. The van der Waals surface area contributed by atoms with Crippen LogP contribution in [0.3, 0.4) is 0 Å². The van der Waals surface area contributed by atoms with Crippen LogP contribution in [-0.2, 0) is 9.59 Å². The van der Waals surface area contributed by atoms with Gasteiger partial charge in [0.15, 0.2) is 0 Å². The summed E-state index contributed by atoms with van der Waals surface area (Å²) in [4.78, 5) is 31.2. The van der Waals surface area contributed by atoms with Crippen LogP contribution in [0, 0.1) is 0 Å². The molecule has 2 aliphatic rings. The number of carbonyl (C=O) groups is 2. The largest absolute Gasteiger partial charge is 0.497 e. The van der Waals surface area contributed by atoms with Crippen LogP contribution >= 0.6 is 0 Å². The van der Waals surface area contributed by atoms with E-state index in [1.54, 1.807) is 19.2 Å². The van der Waals surface area contributed by atoms with Gasteiger partial charge in [0.25, 0.3) is 11.8 Å². The molecule has 2 aliphatic heterocycles. The van der Waals surface area contributed by atoms with E-state index >= 15 is 0 Å². The number of amides is 2. The highest BCUT2D eigenvalue weighted by Gasteiger charge is 2.41. The van der Waals surface area contributed by atoms with Gasteiger partial charge in [-0.2, -0.15) is 0 Å². The number of likely N-dealkylation sites (N-methyl/N-ethyl adjacent to an activating group) is 1. The minimum Gasteiger partial charge on any atom is -0.497 e. The fraction of sp³-hybridized carbons (Fsp3) is 0.474. The zero-order valence-electron chi connectivity index (χ0n) is 15.3. The van der Waals surface area contributed by atoms with E-state index in [-0.39, 0.29) is 18.4 Å². The molecule has 0 radical (unpaired) electrons. The van der Waals surface area contributed by atoms with Crippen molar-refractivity contribution in [2.75, 3.05) is 53.0 Å². The van der Waals surface area contributed by atoms with Gasteiger partial charge in [0.1, 0.15) is 11.4 Å². The van der Waals surface area contributed by atoms with Crippen LogP contribution in [0.4, 0.5) is 0 Å². The van der Waals surface area contributed by atoms with Gasteiger partial charge in [0.05, 0.1) is 19.3 Å². The van der Waals surface area contributed by atoms with E-state index in [0.29, 0.717) is 43.2 Å². The second-order valence-corrected chi connectivity index (χ2v) is 6.36. The Morgan fingerprint density at radius 3 is 2.23 bits per heavy atom. The van der Waals surface area contributed by atoms with Crippen molar-refractivity contribution in [2.24, 2.45) is 0 Å². The summed E-state index contributed by atoms with van der Waals surface area (Å²) in [5, 5.41) is 9.09. The van der Waals surface area contributed by atoms with Crippen LogP contribution in [0.25, 0.3) is 5.57 Å². The molecule has 0 atom stereocenters. The molecule has 3 rings (SSSR count). The zero-order valence-corrected chi connectivity index (χ0v) is 15.3. The summed E-state index contributed by atoms with van der Waals surface area (Å²) in [6.07, 6.45) is 0. The molecule has 140 valence electrons. The lowest BCUT2D eigenvalue weighted by Crippen LogP contribution is -2.48. The molecular weight excluding hydrogens is 334 g/mol. The van der Waals surface area contributed by atoms with Crippen LogP contribution < -0.4 is 4.74 Å². The molecule has 1 N–H and O–H groups in total. The van der Waals surface area contributed by atoms with E-state index < -0.39 is 0 Å². The van der Waals surface area contributed by atoms with Crippen molar-refractivity contribution in [3.63, 3.8) is 0 Å². The van der Waals surface area contributed by atoms with Crippen molar-refractivity contribution >= 4 is 17.4 Å². The van der Waals surface area contributed by atoms with Crippen LogP contribution in [0.5, 0.6) is 5.75 Å². The summed E-state index contributed by atoms with van der Waals surface area (Å²) in [5.41, 5.74) is 1.69. The van der Waals surface area contributed by atoms with Crippen LogP contribution in [0.1, 0.15) is 12.5 Å². The van der Waals surface area contributed by atoms with Crippen molar-refractivity contribution < 1.29 is 19.4 Å². The molecule has 26 heavy (non-hydrogen) atoms. The average molecular weight is 359 g/mol. The first-order valence-corrected chi connectivity index (χ1v) is 8.93. The maximum absolute atomic E-state index is 12.9. The van der Waals surface area contributed by atoms with Crippen LogP contribution in [0.15, 0.2) is 30.0 Å². The molecule has 1 fully saturated rings. The van der Waals surface area contributed by atoms with Gasteiger partial charge in [-0.25, -0.2) is 0 Å². The molecule has 1 saturated heterocycles. The van der Waals surface area contributed by atoms with Crippen molar-refractivity contribution in [1.29, 1.82) is 0 Å². The number of hydrogen-bond acceptors (Lipinski definition) is 6. The number of hydrogen-bond donors (Lipinski definition) is 1. The molecular formula is C19H25N3O4. The molecule has 0 aromatic heterocycles. The number of methoxy groups -OCH3 is 1. The van der Waals surface area contributed by atoms with Crippen molar-refractivity contribution in [3.05, 3.63) is 35.5 Å². The number of piperazine rings is 1. The van der Waals surface area contributed by atoms with E-state index in [9.17, 15) is 9.59 Å². The highest BCUT2D eigenvalue weighted by Crippen LogP contribution is 2.32. The van der Waals surface area contributed by atoms with E-state index in [1.165, 1.54) is 4.90 Å². The highest BCUT2D eigenvalue weighted by atomic mass is 16.5. The number of aliphatic hydroxyl groups excluding tert-OH is 1. The summed E-state index contributed by atoms with van der Waals surface area (Å²) >= 11 is 0. The molecule has 2 amide bonds. The third-order valence-corrected chi connectivity index (χ3v) is 4.94. The van der Waals surface area contributed by atoms with E-state index in [0.717, 1.165) is 18.7 Å². The minimum absolute atomic E-state index is 0.126. The van der Waals surface area contributed by atoms with Crippen molar-refractivity contribution in [3.8, 4) is 5.75 Å². The number of nitrogens with zero attached hydrogens (tertiary/aromatic N) is 3. The first kappa shape index (κ1) is 18.4. The van der Waals surface area contributed by atoms with Crippen LogP contribution in [0.2, 0.25) is 0 Å². The second kappa shape index (κ2) is 7.88. The third-order valence-electron chi connectivity index (χ3n) is 4.94. The summed E-state index contributed by atoms with van der Waals surface area (Å²) < 4.78 is 5.19. The summed E-state index contributed by atoms with van der Waals surface area (Å²) in [6.45, 7) is 5.75. The molecule has 0 spiro atoms. The van der Waals surface area contributed by atoms with Crippen molar-refractivity contribution in [2.45, 2.75) is 6.92 Å². The number of aliphatic hydroxyl groups is 1. The van der Waals surface area contributed by atoms with Gasteiger partial charge in [-0.05, 0) is 24.6 Å². The lowest BCUT2D eigenvalue weighted by atomic mass is 10.0. The molecule has 1 aromatic rings. The summed E-state index contributed by atoms with van der Waals surface area (Å²) in [6, 6.07) is 7.23. The monoisotopic (exact) mass is 359 g/mol. The first-order chi connectivity index (χ1) is 12.6. The maximum Gasteiger partial charge on any atom is 0.277 e. The number of rotatable bonds is 6. The first-order valence-electron chi connectivity index (χ1n) is 8.93. The molecule has 7 nitrogen and oxygen atoms in total. The quantitative estimate of drug-likeness (QED) is 0.742. The maximum atomic E-state index is 12.9. The number of ether oxygens (including phenoxy) is 1. The van der Waals surface area contributed by atoms with Crippen molar-refractivity contribution in [1.82, 2.24) is 14.7 Å². The summed E-state index contributed by atoms with van der Waals surface area (Å²) in [7, 11) is 1.59. The Balaban J connectivity index is 1.94. The summed E-state index contributed by atoms with van der Waals surface area (Å²) in [5.74, 6) is 0.243. The Kier molecular flexibility index (Phi) is 5.58.